The zero-order valence-corrected chi connectivity index (χ0v) is 20.2. The van der Waals surface area contributed by atoms with Gasteiger partial charge in [-0.25, -0.2) is 0 Å². The Labute approximate surface area is 202 Å². The van der Waals surface area contributed by atoms with Crippen molar-refractivity contribution in [1.29, 1.82) is 0 Å². The summed E-state index contributed by atoms with van der Waals surface area (Å²) < 4.78 is 8.66. The van der Waals surface area contributed by atoms with Crippen molar-refractivity contribution in [2.24, 2.45) is 30.2 Å². The molecule has 184 valence electrons. The largest absolute Gasteiger partial charge is 0.457 e. The summed E-state index contributed by atoms with van der Waals surface area (Å²) in [7, 11) is 1.65. The van der Waals surface area contributed by atoms with E-state index in [1.807, 2.05) is 25.1 Å². The summed E-state index contributed by atoms with van der Waals surface area (Å²) in [5.41, 5.74) is 1.29. The molecule has 7 rings (SSSR count). The van der Waals surface area contributed by atoms with Crippen LogP contribution in [-0.4, -0.2) is 37.6 Å². The van der Waals surface area contributed by atoms with Crippen LogP contribution in [0.3, 0.4) is 0 Å². The van der Waals surface area contributed by atoms with Gasteiger partial charge in [0.15, 0.2) is 12.4 Å². The maximum absolute atomic E-state index is 13.1. The second kappa shape index (κ2) is 8.17. The van der Waals surface area contributed by atoms with E-state index in [-0.39, 0.29) is 36.5 Å². The Morgan fingerprint density at radius 3 is 2.49 bits per heavy atom. The number of amides is 1. The Bertz CT molecular complexity index is 1370. The number of ether oxygens (including phenoxy) is 1. The van der Waals surface area contributed by atoms with Crippen LogP contribution in [0.15, 0.2) is 23.0 Å². The van der Waals surface area contributed by atoms with Crippen molar-refractivity contribution >= 4 is 28.6 Å². The molecular formula is C26H31N5O4. The molecule has 0 spiro atoms. The molecule has 2 heterocycles. The van der Waals surface area contributed by atoms with Crippen LogP contribution in [0.25, 0.3) is 16.7 Å². The molecule has 9 nitrogen and oxygen atoms in total. The SMILES string of the molecule is Cc1ccc2c(c1)c(=O)n(C)c1nnc(COC(=O)CCNC(=O)C34CC5CC(CC(C5)C3)C4)n21. The Morgan fingerprint density at radius 2 is 1.80 bits per heavy atom. The van der Waals surface area contributed by atoms with Crippen molar-refractivity contribution in [2.45, 2.75) is 58.5 Å². The maximum Gasteiger partial charge on any atom is 0.308 e. The number of fused-ring (bicyclic) bond motifs is 3. The molecule has 9 heteroatoms. The zero-order chi connectivity index (χ0) is 24.3. The van der Waals surface area contributed by atoms with Gasteiger partial charge in [0.05, 0.1) is 17.3 Å². The van der Waals surface area contributed by atoms with Gasteiger partial charge in [-0.15, -0.1) is 10.2 Å². The first-order valence-corrected chi connectivity index (χ1v) is 12.6. The smallest absolute Gasteiger partial charge is 0.308 e. The number of rotatable bonds is 6. The molecule has 0 aliphatic heterocycles. The Hall–Kier alpha value is -3.23. The molecule has 1 aromatic carbocycles. The third kappa shape index (κ3) is 3.72. The lowest BCUT2D eigenvalue weighted by Gasteiger charge is -2.55. The van der Waals surface area contributed by atoms with E-state index in [2.05, 4.69) is 15.5 Å². The number of aromatic nitrogens is 4. The van der Waals surface area contributed by atoms with Crippen LogP contribution in [0.4, 0.5) is 0 Å². The topological polar surface area (TPSA) is 108 Å². The van der Waals surface area contributed by atoms with E-state index in [0.29, 0.717) is 40.3 Å². The first-order valence-electron chi connectivity index (χ1n) is 12.6. The van der Waals surface area contributed by atoms with Gasteiger partial charge >= 0.3 is 5.97 Å². The predicted octanol–water partition coefficient (Wildman–Crippen LogP) is 2.66. The van der Waals surface area contributed by atoms with E-state index < -0.39 is 5.97 Å². The van der Waals surface area contributed by atoms with Crippen molar-refractivity contribution in [2.75, 3.05) is 6.54 Å². The Kier molecular flexibility index (Phi) is 5.19. The van der Waals surface area contributed by atoms with Crippen LogP contribution in [-0.2, 0) is 28.0 Å². The quantitative estimate of drug-likeness (QED) is 0.547. The third-order valence-corrected chi connectivity index (χ3v) is 8.44. The normalized spacial score (nSPS) is 27.0. The number of nitrogens with one attached hydrogen (secondary N) is 1. The summed E-state index contributed by atoms with van der Waals surface area (Å²) in [6, 6.07) is 5.61. The first kappa shape index (κ1) is 22.2. The molecule has 4 fully saturated rings. The van der Waals surface area contributed by atoms with E-state index in [4.69, 9.17) is 4.74 Å². The van der Waals surface area contributed by atoms with Gasteiger partial charge < -0.3 is 10.1 Å². The molecule has 35 heavy (non-hydrogen) atoms. The molecule has 3 aromatic rings. The molecule has 2 aromatic heterocycles. The van der Waals surface area contributed by atoms with Crippen molar-refractivity contribution in [3.05, 3.63) is 39.9 Å². The molecule has 1 N–H and O–H groups in total. The molecule has 0 atom stereocenters. The summed E-state index contributed by atoms with van der Waals surface area (Å²) in [5, 5.41) is 11.9. The van der Waals surface area contributed by atoms with Gasteiger partial charge in [0, 0.05) is 19.0 Å². The first-order chi connectivity index (χ1) is 16.8. The minimum atomic E-state index is -0.405. The molecule has 0 saturated heterocycles. The highest BCUT2D eigenvalue weighted by atomic mass is 16.5. The number of hydrogen-bond acceptors (Lipinski definition) is 6. The van der Waals surface area contributed by atoms with Gasteiger partial charge in [-0.1, -0.05) is 11.6 Å². The lowest BCUT2D eigenvalue weighted by molar-refractivity contribution is -0.147. The minimum absolute atomic E-state index is 0.0654. The van der Waals surface area contributed by atoms with Crippen LogP contribution < -0.4 is 10.9 Å². The molecular weight excluding hydrogens is 446 g/mol. The number of hydrogen-bond donors (Lipinski definition) is 1. The van der Waals surface area contributed by atoms with E-state index in [1.165, 1.54) is 23.8 Å². The van der Waals surface area contributed by atoms with Gasteiger partial charge in [-0.2, -0.15) is 0 Å². The lowest BCUT2D eigenvalue weighted by Crippen LogP contribution is -2.53. The van der Waals surface area contributed by atoms with Crippen LogP contribution in [0.1, 0.15) is 56.3 Å². The summed E-state index contributed by atoms with van der Waals surface area (Å²) in [6.07, 6.45) is 6.99. The molecule has 1 amide bonds. The third-order valence-electron chi connectivity index (χ3n) is 8.44. The summed E-state index contributed by atoms with van der Waals surface area (Å²) >= 11 is 0. The molecule has 4 aliphatic carbocycles. The van der Waals surface area contributed by atoms with E-state index in [1.54, 1.807) is 11.4 Å². The minimum Gasteiger partial charge on any atom is -0.457 e. The van der Waals surface area contributed by atoms with Crippen molar-refractivity contribution in [3.63, 3.8) is 0 Å². The fourth-order valence-electron chi connectivity index (χ4n) is 7.22. The van der Waals surface area contributed by atoms with Crippen molar-refractivity contribution in [3.8, 4) is 0 Å². The standard InChI is InChI=1S/C26H31N5O4/c1-15-3-4-20-19(7-15)23(33)30(2)25-29-28-21(31(20)25)14-35-22(32)5-6-27-24(34)26-11-16-8-17(12-26)10-18(9-16)13-26/h3-4,7,16-18H,5-6,8-14H2,1-2H3,(H,27,34). The van der Waals surface area contributed by atoms with E-state index in [0.717, 1.165) is 24.8 Å². The Balaban J connectivity index is 1.09. The maximum atomic E-state index is 13.1. The monoisotopic (exact) mass is 477 g/mol. The van der Waals surface area contributed by atoms with E-state index >= 15 is 0 Å². The number of benzene rings is 1. The molecule has 4 saturated carbocycles. The number of esters is 1. The van der Waals surface area contributed by atoms with Gasteiger partial charge in [0.25, 0.3) is 5.56 Å². The van der Waals surface area contributed by atoms with Gasteiger partial charge in [-0.05, 0) is 75.3 Å². The fourth-order valence-corrected chi connectivity index (χ4v) is 7.22. The second-order valence-corrected chi connectivity index (χ2v) is 11.0. The highest BCUT2D eigenvalue weighted by molar-refractivity contribution is 5.84. The number of nitrogens with zero attached hydrogens (tertiary/aromatic N) is 4. The second-order valence-electron chi connectivity index (χ2n) is 11.0. The number of carbonyl (C=O) groups is 2. The average molecular weight is 478 g/mol. The number of aryl methyl sites for hydroxylation is 2. The van der Waals surface area contributed by atoms with Gasteiger partial charge in [-0.3, -0.25) is 23.4 Å². The summed E-state index contributed by atoms with van der Waals surface area (Å²) in [5.74, 6) is 2.65. The highest BCUT2D eigenvalue weighted by Gasteiger charge is 2.54. The average Bonchev–Trinajstić information content (AvgIpc) is 3.24. The van der Waals surface area contributed by atoms with Crippen LogP contribution in [0, 0.1) is 30.1 Å². The molecule has 0 radical (unpaired) electrons. The fraction of sp³-hybridized carbons (Fsp3) is 0.577. The summed E-state index contributed by atoms with van der Waals surface area (Å²) in [4.78, 5) is 38.2. The van der Waals surface area contributed by atoms with Crippen LogP contribution >= 0.6 is 0 Å². The molecule has 4 aliphatic rings. The predicted molar refractivity (Wildman–Crippen MR) is 128 cm³/mol. The van der Waals surface area contributed by atoms with Crippen molar-refractivity contribution < 1.29 is 14.3 Å². The molecule has 0 unspecified atom stereocenters. The lowest BCUT2D eigenvalue weighted by atomic mass is 9.49. The zero-order valence-electron chi connectivity index (χ0n) is 20.2. The van der Waals surface area contributed by atoms with Crippen molar-refractivity contribution in [1.82, 2.24) is 24.5 Å². The molecule has 4 bridgehead atoms. The number of carbonyl (C=O) groups excluding carboxylic acids is 2. The van der Waals surface area contributed by atoms with Gasteiger partial charge in [0.1, 0.15) is 0 Å². The van der Waals surface area contributed by atoms with Gasteiger partial charge in [0.2, 0.25) is 11.7 Å². The van der Waals surface area contributed by atoms with Crippen LogP contribution in [0.2, 0.25) is 0 Å². The van der Waals surface area contributed by atoms with Crippen LogP contribution in [0.5, 0.6) is 0 Å². The Morgan fingerprint density at radius 1 is 1.11 bits per heavy atom. The highest BCUT2D eigenvalue weighted by Crippen LogP contribution is 2.60. The summed E-state index contributed by atoms with van der Waals surface area (Å²) in [6.45, 7) is 2.14. The van der Waals surface area contributed by atoms with E-state index in [9.17, 15) is 14.4 Å².